The Morgan fingerprint density at radius 2 is 1.96 bits per heavy atom. The number of carbonyl (C=O) groups excluding carboxylic acids is 1. The first kappa shape index (κ1) is 16.5. The van der Waals surface area contributed by atoms with E-state index < -0.39 is 0 Å². The molecule has 0 heterocycles. The van der Waals surface area contributed by atoms with E-state index in [1.807, 2.05) is 56.3 Å². The van der Waals surface area contributed by atoms with Gasteiger partial charge in [0.15, 0.2) is 6.61 Å². The van der Waals surface area contributed by atoms with Gasteiger partial charge in [-0.05, 0) is 37.6 Å². The molecular formula is C18H20N2O3. The van der Waals surface area contributed by atoms with Crippen molar-refractivity contribution in [3.8, 4) is 11.5 Å². The van der Waals surface area contributed by atoms with Gasteiger partial charge >= 0.3 is 0 Å². The summed E-state index contributed by atoms with van der Waals surface area (Å²) in [5.74, 6) is 1.06. The summed E-state index contributed by atoms with van der Waals surface area (Å²) in [5, 5.41) is 3.91. The Morgan fingerprint density at radius 1 is 1.17 bits per heavy atom. The van der Waals surface area contributed by atoms with Gasteiger partial charge in [-0.1, -0.05) is 29.8 Å². The van der Waals surface area contributed by atoms with Crippen LogP contribution in [0.2, 0.25) is 0 Å². The summed E-state index contributed by atoms with van der Waals surface area (Å²) in [7, 11) is 1.59. The highest BCUT2D eigenvalue weighted by atomic mass is 16.5. The van der Waals surface area contributed by atoms with Crippen LogP contribution >= 0.6 is 0 Å². The van der Waals surface area contributed by atoms with Crippen LogP contribution < -0.4 is 14.9 Å². The summed E-state index contributed by atoms with van der Waals surface area (Å²) in [6, 6.07) is 13.2. The minimum Gasteiger partial charge on any atom is -0.496 e. The molecule has 0 bridgehead atoms. The molecule has 0 aromatic heterocycles. The third-order valence-corrected chi connectivity index (χ3v) is 3.22. The summed E-state index contributed by atoms with van der Waals surface area (Å²) in [4.78, 5) is 11.8. The monoisotopic (exact) mass is 312 g/mol. The van der Waals surface area contributed by atoms with E-state index in [-0.39, 0.29) is 12.5 Å². The Bertz CT molecular complexity index is 711. The molecular weight excluding hydrogens is 292 g/mol. The van der Waals surface area contributed by atoms with Crippen molar-refractivity contribution in [3.63, 3.8) is 0 Å². The molecule has 1 amide bonds. The number of rotatable bonds is 6. The molecule has 23 heavy (non-hydrogen) atoms. The largest absolute Gasteiger partial charge is 0.496 e. The van der Waals surface area contributed by atoms with Gasteiger partial charge in [-0.15, -0.1) is 0 Å². The third kappa shape index (κ3) is 4.85. The lowest BCUT2D eigenvalue weighted by molar-refractivity contribution is -0.123. The van der Waals surface area contributed by atoms with Crippen molar-refractivity contribution in [1.29, 1.82) is 0 Å². The fraction of sp³-hybridized carbons (Fsp3) is 0.222. The standard InChI is InChI=1S/C18H20N2O3/c1-13-8-9-16(14(2)10-13)23-12-18(21)20-19-11-15-6-4-5-7-17(15)22-3/h4-11H,12H2,1-3H3,(H,20,21)/b19-11+. The number of para-hydroxylation sites is 1. The lowest BCUT2D eigenvalue weighted by Crippen LogP contribution is -2.24. The number of hydrazone groups is 1. The fourth-order valence-electron chi connectivity index (χ4n) is 2.08. The number of hydrogen-bond donors (Lipinski definition) is 1. The van der Waals surface area contributed by atoms with Gasteiger partial charge in [-0.3, -0.25) is 4.79 Å². The first-order valence-corrected chi connectivity index (χ1v) is 7.25. The molecule has 2 aromatic rings. The fourth-order valence-corrected chi connectivity index (χ4v) is 2.08. The Balaban J connectivity index is 1.86. The first-order chi connectivity index (χ1) is 11.1. The third-order valence-electron chi connectivity index (χ3n) is 3.22. The molecule has 120 valence electrons. The Kier molecular flexibility index (Phi) is 5.74. The number of aryl methyl sites for hydroxylation is 2. The second-order valence-electron chi connectivity index (χ2n) is 5.09. The maximum atomic E-state index is 11.8. The maximum Gasteiger partial charge on any atom is 0.277 e. The molecule has 5 heteroatoms. The second kappa shape index (κ2) is 7.98. The number of carbonyl (C=O) groups is 1. The summed E-state index contributed by atoms with van der Waals surface area (Å²) >= 11 is 0. The zero-order valence-corrected chi connectivity index (χ0v) is 13.5. The van der Waals surface area contributed by atoms with Crippen LogP contribution in [-0.4, -0.2) is 25.8 Å². The minimum absolute atomic E-state index is 0.0901. The first-order valence-electron chi connectivity index (χ1n) is 7.25. The van der Waals surface area contributed by atoms with Gasteiger partial charge in [0, 0.05) is 5.56 Å². The van der Waals surface area contributed by atoms with E-state index >= 15 is 0 Å². The summed E-state index contributed by atoms with van der Waals surface area (Å²) in [5.41, 5.74) is 5.37. The Labute approximate surface area is 135 Å². The van der Waals surface area contributed by atoms with Gasteiger partial charge in [-0.2, -0.15) is 5.10 Å². The molecule has 0 aliphatic heterocycles. The zero-order chi connectivity index (χ0) is 16.7. The van der Waals surface area contributed by atoms with Crippen molar-refractivity contribution in [2.75, 3.05) is 13.7 Å². The van der Waals surface area contributed by atoms with Crippen molar-refractivity contribution < 1.29 is 14.3 Å². The van der Waals surface area contributed by atoms with Crippen molar-refractivity contribution >= 4 is 12.1 Å². The number of hydrogen-bond acceptors (Lipinski definition) is 4. The van der Waals surface area contributed by atoms with Crippen LogP contribution in [0.4, 0.5) is 0 Å². The topological polar surface area (TPSA) is 59.9 Å². The summed E-state index contributed by atoms with van der Waals surface area (Å²) in [6.07, 6.45) is 1.54. The lowest BCUT2D eigenvalue weighted by atomic mass is 10.1. The van der Waals surface area contributed by atoms with E-state index in [9.17, 15) is 4.79 Å². The van der Waals surface area contributed by atoms with Crippen LogP contribution in [0.3, 0.4) is 0 Å². The van der Waals surface area contributed by atoms with E-state index in [1.54, 1.807) is 7.11 Å². The molecule has 0 saturated heterocycles. The van der Waals surface area contributed by atoms with Crippen molar-refractivity contribution in [3.05, 3.63) is 59.2 Å². The molecule has 0 unspecified atom stereocenters. The highest BCUT2D eigenvalue weighted by Crippen LogP contribution is 2.18. The number of methoxy groups -OCH3 is 1. The molecule has 0 spiro atoms. The van der Waals surface area contributed by atoms with Gasteiger partial charge in [0.1, 0.15) is 11.5 Å². The van der Waals surface area contributed by atoms with Crippen LogP contribution in [0, 0.1) is 13.8 Å². The quantitative estimate of drug-likeness (QED) is 0.659. The molecule has 0 saturated carbocycles. The van der Waals surface area contributed by atoms with Crippen LogP contribution in [0.5, 0.6) is 11.5 Å². The molecule has 1 N–H and O–H groups in total. The van der Waals surface area contributed by atoms with Crippen molar-refractivity contribution in [2.24, 2.45) is 5.10 Å². The average Bonchev–Trinajstić information content (AvgIpc) is 2.54. The normalized spacial score (nSPS) is 10.6. The molecule has 0 atom stereocenters. The lowest BCUT2D eigenvalue weighted by Gasteiger charge is -2.08. The van der Waals surface area contributed by atoms with Crippen LogP contribution in [0.15, 0.2) is 47.6 Å². The van der Waals surface area contributed by atoms with Gasteiger partial charge in [0.2, 0.25) is 0 Å². The van der Waals surface area contributed by atoms with E-state index in [4.69, 9.17) is 9.47 Å². The molecule has 2 aromatic carbocycles. The number of benzene rings is 2. The van der Waals surface area contributed by atoms with Gasteiger partial charge < -0.3 is 9.47 Å². The number of amides is 1. The number of nitrogens with one attached hydrogen (secondary N) is 1. The minimum atomic E-state index is -0.323. The Hall–Kier alpha value is -2.82. The summed E-state index contributed by atoms with van der Waals surface area (Å²) < 4.78 is 10.7. The van der Waals surface area contributed by atoms with Gasteiger partial charge in [0.05, 0.1) is 13.3 Å². The molecule has 0 aliphatic rings. The smallest absolute Gasteiger partial charge is 0.277 e. The van der Waals surface area contributed by atoms with E-state index in [0.29, 0.717) is 11.5 Å². The molecule has 2 rings (SSSR count). The second-order valence-corrected chi connectivity index (χ2v) is 5.09. The SMILES string of the molecule is COc1ccccc1/C=N/NC(=O)COc1ccc(C)cc1C. The molecule has 0 radical (unpaired) electrons. The predicted molar refractivity (Wildman–Crippen MR) is 90.1 cm³/mol. The molecule has 0 aliphatic carbocycles. The predicted octanol–water partition coefficient (Wildman–Crippen LogP) is 2.84. The van der Waals surface area contributed by atoms with Gasteiger partial charge in [0.25, 0.3) is 5.91 Å². The van der Waals surface area contributed by atoms with Crippen LogP contribution in [0.1, 0.15) is 16.7 Å². The van der Waals surface area contributed by atoms with Gasteiger partial charge in [-0.25, -0.2) is 5.43 Å². The van der Waals surface area contributed by atoms with Crippen molar-refractivity contribution in [1.82, 2.24) is 5.43 Å². The highest BCUT2D eigenvalue weighted by molar-refractivity contribution is 5.85. The Morgan fingerprint density at radius 3 is 2.70 bits per heavy atom. The van der Waals surface area contributed by atoms with E-state index in [0.717, 1.165) is 16.7 Å². The summed E-state index contributed by atoms with van der Waals surface area (Å²) in [6.45, 7) is 3.86. The van der Waals surface area contributed by atoms with E-state index in [2.05, 4.69) is 10.5 Å². The maximum absolute atomic E-state index is 11.8. The van der Waals surface area contributed by atoms with Crippen molar-refractivity contribution in [2.45, 2.75) is 13.8 Å². The molecule has 0 fully saturated rings. The van der Waals surface area contributed by atoms with Crippen LogP contribution in [-0.2, 0) is 4.79 Å². The van der Waals surface area contributed by atoms with Crippen LogP contribution in [0.25, 0.3) is 0 Å². The highest BCUT2D eigenvalue weighted by Gasteiger charge is 2.04. The van der Waals surface area contributed by atoms with E-state index in [1.165, 1.54) is 6.21 Å². The zero-order valence-electron chi connectivity index (χ0n) is 13.5. The number of ether oxygens (including phenoxy) is 2. The molecule has 5 nitrogen and oxygen atoms in total. The average molecular weight is 312 g/mol. The number of nitrogens with zero attached hydrogens (tertiary/aromatic N) is 1.